The van der Waals surface area contributed by atoms with E-state index in [2.05, 4.69) is 58.5 Å². The molecule has 0 amide bonds. The summed E-state index contributed by atoms with van der Waals surface area (Å²) in [5, 5.41) is 3.68. The first-order chi connectivity index (χ1) is 10.2. The van der Waals surface area contributed by atoms with E-state index < -0.39 is 0 Å². The van der Waals surface area contributed by atoms with Crippen molar-refractivity contribution in [2.24, 2.45) is 0 Å². The standard InChI is InChI=1S/C18H20BrNO/c1-3-21-15-6-9-17(12(2)10-15)20-18-8-4-13-11-14(19)5-7-16(13)18/h5-7,9-11,18,20H,3-4,8H2,1-2H3. The van der Waals surface area contributed by atoms with E-state index in [1.807, 2.05) is 13.0 Å². The molecule has 0 fully saturated rings. The van der Waals surface area contributed by atoms with Gasteiger partial charge in [0.15, 0.2) is 0 Å². The van der Waals surface area contributed by atoms with Crippen LogP contribution in [0.2, 0.25) is 0 Å². The van der Waals surface area contributed by atoms with Crippen LogP contribution < -0.4 is 10.1 Å². The van der Waals surface area contributed by atoms with Crippen molar-refractivity contribution < 1.29 is 4.74 Å². The zero-order chi connectivity index (χ0) is 14.8. The Balaban J connectivity index is 1.80. The number of rotatable bonds is 4. The molecule has 0 bridgehead atoms. The average Bonchev–Trinajstić information content (AvgIpc) is 2.84. The fourth-order valence-corrected chi connectivity index (χ4v) is 3.39. The highest BCUT2D eigenvalue weighted by atomic mass is 79.9. The molecule has 0 saturated heterocycles. The van der Waals surface area contributed by atoms with Crippen LogP contribution in [0.4, 0.5) is 5.69 Å². The van der Waals surface area contributed by atoms with Crippen molar-refractivity contribution >= 4 is 21.6 Å². The van der Waals surface area contributed by atoms with Gasteiger partial charge in [0, 0.05) is 10.2 Å². The molecule has 2 aromatic carbocycles. The van der Waals surface area contributed by atoms with Gasteiger partial charge in [0.1, 0.15) is 5.75 Å². The van der Waals surface area contributed by atoms with E-state index >= 15 is 0 Å². The van der Waals surface area contributed by atoms with Crippen LogP contribution >= 0.6 is 15.9 Å². The van der Waals surface area contributed by atoms with Crippen LogP contribution in [0.1, 0.15) is 36.1 Å². The molecule has 0 spiro atoms. The minimum atomic E-state index is 0.407. The van der Waals surface area contributed by atoms with Crippen LogP contribution in [0.15, 0.2) is 40.9 Å². The summed E-state index contributed by atoms with van der Waals surface area (Å²) in [6.45, 7) is 4.84. The Labute approximate surface area is 134 Å². The molecule has 0 aliphatic heterocycles. The highest BCUT2D eigenvalue weighted by Crippen LogP contribution is 2.36. The Hall–Kier alpha value is -1.48. The first-order valence-electron chi connectivity index (χ1n) is 7.45. The molecule has 2 aromatic rings. The summed E-state index contributed by atoms with van der Waals surface area (Å²) in [4.78, 5) is 0. The number of anilines is 1. The highest BCUT2D eigenvalue weighted by molar-refractivity contribution is 9.10. The molecule has 0 heterocycles. The average molecular weight is 346 g/mol. The Morgan fingerprint density at radius 3 is 2.86 bits per heavy atom. The molecule has 110 valence electrons. The maximum Gasteiger partial charge on any atom is 0.119 e. The lowest BCUT2D eigenvalue weighted by atomic mass is 10.1. The first-order valence-corrected chi connectivity index (χ1v) is 8.25. The summed E-state index contributed by atoms with van der Waals surface area (Å²) in [5.41, 5.74) is 5.29. The topological polar surface area (TPSA) is 21.3 Å². The van der Waals surface area contributed by atoms with Crippen LogP contribution in [-0.4, -0.2) is 6.61 Å². The van der Waals surface area contributed by atoms with Gasteiger partial charge in [0.2, 0.25) is 0 Å². The fraction of sp³-hybridized carbons (Fsp3) is 0.333. The summed E-state index contributed by atoms with van der Waals surface area (Å²) in [6.07, 6.45) is 2.29. The van der Waals surface area contributed by atoms with Gasteiger partial charge in [-0.05, 0) is 73.7 Å². The predicted octanol–water partition coefficient (Wildman–Crippen LogP) is 5.26. The smallest absolute Gasteiger partial charge is 0.119 e. The second kappa shape index (κ2) is 6.10. The van der Waals surface area contributed by atoms with Crippen LogP contribution in [-0.2, 0) is 6.42 Å². The lowest BCUT2D eigenvalue weighted by Gasteiger charge is -2.18. The molecule has 21 heavy (non-hydrogen) atoms. The van der Waals surface area contributed by atoms with Gasteiger partial charge in [-0.1, -0.05) is 22.0 Å². The third-order valence-corrected chi connectivity index (χ3v) is 4.51. The van der Waals surface area contributed by atoms with E-state index in [0.717, 1.165) is 18.6 Å². The number of benzene rings is 2. The normalized spacial score (nSPS) is 16.6. The van der Waals surface area contributed by atoms with Gasteiger partial charge >= 0.3 is 0 Å². The number of hydrogen-bond acceptors (Lipinski definition) is 2. The van der Waals surface area contributed by atoms with Crippen LogP contribution in [0.5, 0.6) is 5.75 Å². The SMILES string of the molecule is CCOc1ccc(NC2CCc3cc(Br)ccc32)c(C)c1. The van der Waals surface area contributed by atoms with E-state index in [9.17, 15) is 0 Å². The molecule has 1 unspecified atom stereocenters. The lowest BCUT2D eigenvalue weighted by molar-refractivity contribution is 0.340. The van der Waals surface area contributed by atoms with Crippen molar-refractivity contribution in [1.82, 2.24) is 0 Å². The van der Waals surface area contributed by atoms with Crippen molar-refractivity contribution in [1.29, 1.82) is 0 Å². The maximum absolute atomic E-state index is 5.55. The molecule has 1 atom stereocenters. The van der Waals surface area contributed by atoms with E-state index in [1.165, 1.54) is 26.9 Å². The molecule has 2 nitrogen and oxygen atoms in total. The molecular weight excluding hydrogens is 326 g/mol. The summed E-state index contributed by atoms with van der Waals surface area (Å²) >= 11 is 3.55. The van der Waals surface area contributed by atoms with Gasteiger partial charge in [-0.2, -0.15) is 0 Å². The monoisotopic (exact) mass is 345 g/mol. The third-order valence-electron chi connectivity index (χ3n) is 4.02. The molecular formula is C18H20BrNO. The predicted molar refractivity (Wildman–Crippen MR) is 91.2 cm³/mol. The minimum Gasteiger partial charge on any atom is -0.494 e. The highest BCUT2D eigenvalue weighted by Gasteiger charge is 2.22. The van der Waals surface area contributed by atoms with Crippen molar-refractivity contribution in [3.05, 3.63) is 57.6 Å². The zero-order valence-corrected chi connectivity index (χ0v) is 14.0. The summed E-state index contributed by atoms with van der Waals surface area (Å²) in [7, 11) is 0. The van der Waals surface area contributed by atoms with E-state index in [0.29, 0.717) is 12.6 Å². The van der Waals surface area contributed by atoms with E-state index in [4.69, 9.17) is 4.74 Å². The first kappa shape index (κ1) is 14.5. The van der Waals surface area contributed by atoms with Gasteiger partial charge in [0.25, 0.3) is 0 Å². The number of ether oxygens (including phenoxy) is 1. The lowest BCUT2D eigenvalue weighted by Crippen LogP contribution is -2.08. The molecule has 3 rings (SSSR count). The van der Waals surface area contributed by atoms with Crippen molar-refractivity contribution in [2.75, 3.05) is 11.9 Å². The third kappa shape index (κ3) is 3.08. The fourth-order valence-electron chi connectivity index (χ4n) is 2.98. The molecule has 3 heteroatoms. The van der Waals surface area contributed by atoms with Gasteiger partial charge < -0.3 is 10.1 Å². The second-order valence-electron chi connectivity index (χ2n) is 5.49. The van der Waals surface area contributed by atoms with Crippen LogP contribution in [0.3, 0.4) is 0 Å². The molecule has 0 radical (unpaired) electrons. The summed E-state index contributed by atoms with van der Waals surface area (Å²) < 4.78 is 6.71. The van der Waals surface area contributed by atoms with Crippen molar-refractivity contribution in [3.8, 4) is 5.75 Å². The van der Waals surface area contributed by atoms with Gasteiger partial charge in [-0.3, -0.25) is 0 Å². The number of halogens is 1. The Morgan fingerprint density at radius 2 is 2.10 bits per heavy atom. The Morgan fingerprint density at radius 1 is 1.24 bits per heavy atom. The minimum absolute atomic E-state index is 0.407. The largest absolute Gasteiger partial charge is 0.494 e. The zero-order valence-electron chi connectivity index (χ0n) is 12.4. The van der Waals surface area contributed by atoms with Crippen molar-refractivity contribution in [2.45, 2.75) is 32.7 Å². The van der Waals surface area contributed by atoms with Gasteiger partial charge in [-0.15, -0.1) is 0 Å². The number of aryl methyl sites for hydroxylation is 2. The van der Waals surface area contributed by atoms with Crippen LogP contribution in [0, 0.1) is 6.92 Å². The van der Waals surface area contributed by atoms with Gasteiger partial charge in [-0.25, -0.2) is 0 Å². The summed E-state index contributed by atoms with van der Waals surface area (Å²) in [6, 6.07) is 13.3. The number of fused-ring (bicyclic) bond motifs is 1. The van der Waals surface area contributed by atoms with Crippen LogP contribution in [0.25, 0.3) is 0 Å². The maximum atomic E-state index is 5.55. The van der Waals surface area contributed by atoms with E-state index in [1.54, 1.807) is 0 Å². The number of nitrogens with one attached hydrogen (secondary N) is 1. The molecule has 0 aromatic heterocycles. The molecule has 1 N–H and O–H groups in total. The molecule has 1 aliphatic carbocycles. The summed E-state index contributed by atoms with van der Waals surface area (Å²) in [5.74, 6) is 0.941. The Bertz CT molecular complexity index is 654. The van der Waals surface area contributed by atoms with Crippen molar-refractivity contribution in [3.63, 3.8) is 0 Å². The molecule has 1 aliphatic rings. The quantitative estimate of drug-likeness (QED) is 0.816. The number of hydrogen-bond donors (Lipinski definition) is 1. The Kier molecular flexibility index (Phi) is 4.20. The van der Waals surface area contributed by atoms with E-state index in [-0.39, 0.29) is 0 Å². The van der Waals surface area contributed by atoms with Gasteiger partial charge in [0.05, 0.1) is 12.6 Å². The molecule has 0 saturated carbocycles. The second-order valence-corrected chi connectivity index (χ2v) is 6.40.